The molecular weight excluding hydrogens is 594 g/mol. The van der Waals surface area contributed by atoms with Gasteiger partial charge in [-0.3, -0.25) is 9.59 Å². The van der Waals surface area contributed by atoms with E-state index in [1.807, 2.05) is 14.1 Å². The van der Waals surface area contributed by atoms with E-state index in [4.69, 9.17) is 9.47 Å². The number of hydrogen-bond acceptors (Lipinski definition) is 5. The Morgan fingerprint density at radius 1 is 0.458 bits per heavy atom. The van der Waals surface area contributed by atoms with Crippen LogP contribution in [0.1, 0.15) is 226 Å². The summed E-state index contributed by atoms with van der Waals surface area (Å²) in [5, 5.41) is 0. The van der Waals surface area contributed by atoms with E-state index < -0.39 is 0 Å². The molecule has 0 aliphatic heterocycles. The molecule has 0 saturated heterocycles. The number of rotatable bonds is 38. The summed E-state index contributed by atoms with van der Waals surface area (Å²) in [6.45, 7) is 8.34. The minimum Gasteiger partial charge on any atom is -0.465 e. The summed E-state index contributed by atoms with van der Waals surface area (Å²) in [5.74, 6) is 0.475. The zero-order valence-corrected chi connectivity index (χ0v) is 33.3. The van der Waals surface area contributed by atoms with Gasteiger partial charge >= 0.3 is 11.9 Å². The van der Waals surface area contributed by atoms with Gasteiger partial charge in [0.05, 0.1) is 6.61 Å². The number of esters is 2. The van der Waals surface area contributed by atoms with Gasteiger partial charge in [0.25, 0.3) is 0 Å². The Kier molecular flexibility index (Phi) is 36.3. The second kappa shape index (κ2) is 37.2. The molecule has 0 fully saturated rings. The van der Waals surface area contributed by atoms with Crippen molar-refractivity contribution in [3.63, 3.8) is 0 Å². The maximum absolute atomic E-state index is 12.7. The van der Waals surface area contributed by atoms with Crippen molar-refractivity contribution in [1.29, 1.82) is 0 Å². The Morgan fingerprint density at radius 2 is 0.833 bits per heavy atom. The van der Waals surface area contributed by atoms with Crippen LogP contribution in [0.15, 0.2) is 0 Å². The van der Waals surface area contributed by atoms with Crippen molar-refractivity contribution < 1.29 is 19.1 Å². The first kappa shape index (κ1) is 46.9. The summed E-state index contributed by atoms with van der Waals surface area (Å²) in [7, 11) is 4.08. The molecule has 0 aromatic carbocycles. The van der Waals surface area contributed by atoms with Gasteiger partial charge in [0, 0.05) is 12.8 Å². The zero-order chi connectivity index (χ0) is 35.3. The molecule has 0 rings (SSSR count). The van der Waals surface area contributed by atoms with Crippen LogP contribution in [0.5, 0.6) is 0 Å². The first-order chi connectivity index (χ1) is 23.4. The molecule has 5 nitrogen and oxygen atoms in total. The zero-order valence-electron chi connectivity index (χ0n) is 33.3. The molecule has 5 heteroatoms. The molecule has 0 aromatic heterocycles. The van der Waals surface area contributed by atoms with Crippen molar-refractivity contribution in [3.8, 4) is 0 Å². The van der Waals surface area contributed by atoms with Crippen molar-refractivity contribution in [2.45, 2.75) is 232 Å². The maximum atomic E-state index is 12.7. The number of nitrogens with zero attached hydrogens (tertiary/aromatic N) is 1. The molecule has 0 saturated carbocycles. The average molecular weight is 680 g/mol. The molecule has 0 heterocycles. The number of carbonyl (C=O) groups is 2. The van der Waals surface area contributed by atoms with E-state index in [9.17, 15) is 9.59 Å². The van der Waals surface area contributed by atoms with Crippen molar-refractivity contribution >= 4 is 11.9 Å². The fraction of sp³-hybridized carbons (Fsp3) is 0.953. The van der Waals surface area contributed by atoms with E-state index in [2.05, 4.69) is 25.7 Å². The van der Waals surface area contributed by atoms with Crippen LogP contribution in [0, 0.1) is 5.92 Å². The lowest BCUT2D eigenvalue weighted by Crippen LogP contribution is -2.20. The first-order valence-corrected chi connectivity index (χ1v) is 21.4. The molecule has 1 unspecified atom stereocenters. The van der Waals surface area contributed by atoms with Crippen LogP contribution in [-0.4, -0.2) is 50.2 Å². The third-order valence-corrected chi connectivity index (χ3v) is 9.98. The lowest BCUT2D eigenvalue weighted by molar-refractivity contribution is -0.150. The Balaban J connectivity index is 4.39. The maximum Gasteiger partial charge on any atom is 0.306 e. The van der Waals surface area contributed by atoms with Gasteiger partial charge in [-0.1, -0.05) is 162 Å². The molecular formula is C43H85NO4. The number of ether oxygens (including phenoxy) is 2. The largest absolute Gasteiger partial charge is 0.465 e. The Morgan fingerprint density at radius 3 is 1.27 bits per heavy atom. The van der Waals surface area contributed by atoms with Crippen molar-refractivity contribution in [2.75, 3.05) is 27.2 Å². The molecule has 286 valence electrons. The van der Waals surface area contributed by atoms with Gasteiger partial charge in [-0.2, -0.15) is 0 Å². The Hall–Kier alpha value is -1.10. The molecule has 0 spiro atoms. The van der Waals surface area contributed by atoms with E-state index in [0.29, 0.717) is 25.4 Å². The molecule has 48 heavy (non-hydrogen) atoms. The monoisotopic (exact) mass is 680 g/mol. The predicted octanol–water partition coefficient (Wildman–Crippen LogP) is 13.2. The highest BCUT2D eigenvalue weighted by atomic mass is 16.5. The van der Waals surface area contributed by atoms with Crippen LogP contribution in [0.2, 0.25) is 0 Å². The first-order valence-electron chi connectivity index (χ1n) is 21.4. The van der Waals surface area contributed by atoms with Gasteiger partial charge in [-0.15, -0.1) is 0 Å². The molecule has 0 aromatic rings. The minimum absolute atomic E-state index is 0.0107. The third kappa shape index (κ3) is 34.8. The molecule has 0 aliphatic rings. The van der Waals surface area contributed by atoms with Gasteiger partial charge in [-0.25, -0.2) is 0 Å². The minimum atomic E-state index is -0.0405. The summed E-state index contributed by atoms with van der Waals surface area (Å²) < 4.78 is 11.8. The van der Waals surface area contributed by atoms with Crippen LogP contribution in [0.4, 0.5) is 0 Å². The highest BCUT2D eigenvalue weighted by molar-refractivity contribution is 5.69. The lowest BCUT2D eigenvalue weighted by atomic mass is 9.94. The van der Waals surface area contributed by atoms with Gasteiger partial charge < -0.3 is 14.4 Å². The van der Waals surface area contributed by atoms with Crippen LogP contribution in [-0.2, 0) is 19.1 Å². The fourth-order valence-electron chi connectivity index (χ4n) is 6.74. The summed E-state index contributed by atoms with van der Waals surface area (Å²) in [6.07, 6.45) is 38.1. The summed E-state index contributed by atoms with van der Waals surface area (Å²) in [6, 6.07) is 0. The number of unbranched alkanes of at least 4 members (excludes halogenated alkanes) is 21. The topological polar surface area (TPSA) is 55.8 Å². The number of hydrogen-bond donors (Lipinski definition) is 0. The van der Waals surface area contributed by atoms with Gasteiger partial charge in [0.15, 0.2) is 0 Å². The fourth-order valence-corrected chi connectivity index (χ4v) is 6.74. The van der Waals surface area contributed by atoms with Crippen molar-refractivity contribution in [2.24, 2.45) is 5.92 Å². The van der Waals surface area contributed by atoms with Crippen LogP contribution in [0.3, 0.4) is 0 Å². The summed E-state index contributed by atoms with van der Waals surface area (Å²) in [5.41, 5.74) is 0. The highest BCUT2D eigenvalue weighted by Crippen LogP contribution is 2.21. The second-order valence-corrected chi connectivity index (χ2v) is 15.3. The van der Waals surface area contributed by atoms with Crippen LogP contribution < -0.4 is 0 Å². The number of carbonyl (C=O) groups excluding carboxylic acids is 2. The summed E-state index contributed by atoms with van der Waals surface area (Å²) >= 11 is 0. The van der Waals surface area contributed by atoms with E-state index in [1.54, 1.807) is 0 Å². The van der Waals surface area contributed by atoms with Crippen LogP contribution >= 0.6 is 0 Å². The van der Waals surface area contributed by atoms with Crippen molar-refractivity contribution in [3.05, 3.63) is 0 Å². The molecule has 1 atom stereocenters. The normalized spacial score (nSPS) is 12.2. The summed E-state index contributed by atoms with van der Waals surface area (Å²) in [4.78, 5) is 27.2. The second-order valence-electron chi connectivity index (χ2n) is 15.3. The van der Waals surface area contributed by atoms with E-state index >= 15 is 0 Å². The van der Waals surface area contributed by atoms with Crippen LogP contribution in [0.25, 0.3) is 0 Å². The molecule has 0 aliphatic carbocycles. The SMILES string of the molecule is CCCCCCCCCCC(CCCCCCCCCC)COC(=O)CCCCCCC(CCCCCCC)OC(=O)CCCN(C)C. The van der Waals surface area contributed by atoms with E-state index in [-0.39, 0.29) is 18.0 Å². The average Bonchev–Trinajstić information content (AvgIpc) is 3.06. The highest BCUT2D eigenvalue weighted by Gasteiger charge is 2.15. The quantitative estimate of drug-likeness (QED) is 0.0480. The van der Waals surface area contributed by atoms with E-state index in [1.165, 1.54) is 141 Å². The van der Waals surface area contributed by atoms with Gasteiger partial charge in [0.2, 0.25) is 0 Å². The molecule has 0 radical (unpaired) electrons. The molecule has 0 N–H and O–H groups in total. The Labute approximate surface area is 300 Å². The lowest BCUT2D eigenvalue weighted by Gasteiger charge is -2.19. The predicted molar refractivity (Wildman–Crippen MR) is 208 cm³/mol. The van der Waals surface area contributed by atoms with Gasteiger partial charge in [-0.05, 0) is 77.9 Å². The standard InChI is InChI=1S/C43H85NO4/c1-6-9-12-15-17-19-22-26-32-40(33-27-23-20-18-16-13-10-7-2)39-47-42(45)36-30-25-24-29-35-41(34-28-21-14-11-8-3)48-43(46)37-31-38-44(4)5/h40-41H,6-39H2,1-5H3. The Bertz CT molecular complexity index is 662. The van der Waals surface area contributed by atoms with E-state index in [0.717, 1.165) is 57.9 Å². The smallest absolute Gasteiger partial charge is 0.306 e. The molecule has 0 amide bonds. The third-order valence-electron chi connectivity index (χ3n) is 9.98. The van der Waals surface area contributed by atoms with Gasteiger partial charge in [0.1, 0.15) is 6.10 Å². The van der Waals surface area contributed by atoms with Crippen molar-refractivity contribution in [1.82, 2.24) is 4.90 Å². The molecule has 0 bridgehead atoms.